The summed E-state index contributed by atoms with van der Waals surface area (Å²) in [6.07, 6.45) is 7.98. The topological polar surface area (TPSA) is 8.17 Å². The van der Waals surface area contributed by atoms with Gasteiger partial charge in [-0.3, -0.25) is 0 Å². The van der Waals surface area contributed by atoms with Gasteiger partial charge in [-0.05, 0) is 88.8 Å². The Balaban J connectivity index is 1.03. The van der Waals surface area contributed by atoms with Gasteiger partial charge in [0.25, 0.3) is 0 Å². The van der Waals surface area contributed by atoms with Crippen LogP contribution in [0.15, 0.2) is 206 Å². The van der Waals surface area contributed by atoms with Crippen molar-refractivity contribution in [3.8, 4) is 27.9 Å². The van der Waals surface area contributed by atoms with Gasteiger partial charge in [0.1, 0.15) is 0 Å². The molecule has 50 heavy (non-hydrogen) atoms. The zero-order valence-corrected chi connectivity index (χ0v) is 27.7. The van der Waals surface area contributed by atoms with Gasteiger partial charge in [0, 0.05) is 39.4 Å². The lowest BCUT2D eigenvalue weighted by atomic mass is 9.91. The molecule has 8 aromatic rings. The molecule has 1 atom stereocenters. The van der Waals surface area contributed by atoms with Crippen molar-refractivity contribution in [2.24, 2.45) is 0 Å². The van der Waals surface area contributed by atoms with Crippen LogP contribution in [0.3, 0.4) is 0 Å². The van der Waals surface area contributed by atoms with Crippen LogP contribution in [-0.4, -0.2) is 4.57 Å². The second kappa shape index (κ2) is 12.9. The Kier molecular flexibility index (Phi) is 7.68. The van der Waals surface area contributed by atoms with E-state index < -0.39 is 0 Å². The zero-order valence-electron chi connectivity index (χ0n) is 27.7. The molecule has 0 bridgehead atoms. The molecule has 0 radical (unpaired) electrons. The normalized spacial score (nSPS) is 14.2. The number of hydrogen-bond acceptors (Lipinski definition) is 1. The number of anilines is 2. The van der Waals surface area contributed by atoms with Crippen LogP contribution in [0.5, 0.6) is 0 Å². The van der Waals surface area contributed by atoms with E-state index in [-0.39, 0.29) is 0 Å². The molecule has 9 rings (SSSR count). The molecule has 0 aliphatic heterocycles. The SMILES string of the molecule is C1=CC(c2ccccc2)CC=C1N(c1ccc(-c2ccccc2)cc1)c1ccc(-c2ccc(-n3c4ccccc4c4ccccc43)cc2)cc1. The highest BCUT2D eigenvalue weighted by molar-refractivity contribution is 6.09. The lowest BCUT2D eigenvalue weighted by Gasteiger charge is -2.29. The average molecular weight is 641 g/mol. The Bertz CT molecular complexity index is 2410. The maximum atomic E-state index is 2.38. The van der Waals surface area contributed by atoms with Crippen molar-refractivity contribution in [1.29, 1.82) is 0 Å². The summed E-state index contributed by atoms with van der Waals surface area (Å²) < 4.78 is 2.37. The van der Waals surface area contributed by atoms with Crippen LogP contribution in [0.2, 0.25) is 0 Å². The van der Waals surface area contributed by atoms with Crippen molar-refractivity contribution in [2.75, 3.05) is 4.90 Å². The number of para-hydroxylation sites is 2. The molecule has 1 heterocycles. The third kappa shape index (κ3) is 5.51. The van der Waals surface area contributed by atoms with Gasteiger partial charge in [-0.1, -0.05) is 146 Å². The lowest BCUT2D eigenvalue weighted by molar-refractivity contribution is 0.840. The molecule has 1 aliphatic carbocycles. The smallest absolute Gasteiger partial charge is 0.0541 e. The molecule has 2 heteroatoms. The summed E-state index contributed by atoms with van der Waals surface area (Å²) in [6, 6.07) is 65.6. The summed E-state index contributed by atoms with van der Waals surface area (Å²) >= 11 is 0. The van der Waals surface area contributed by atoms with E-state index in [1.165, 1.54) is 55.3 Å². The summed E-state index contributed by atoms with van der Waals surface area (Å²) in [7, 11) is 0. The van der Waals surface area contributed by atoms with Crippen molar-refractivity contribution < 1.29 is 0 Å². The Morgan fingerprint density at radius 2 is 0.900 bits per heavy atom. The molecule has 7 aromatic carbocycles. The van der Waals surface area contributed by atoms with Gasteiger partial charge in [0.05, 0.1) is 11.0 Å². The monoisotopic (exact) mass is 640 g/mol. The van der Waals surface area contributed by atoms with Gasteiger partial charge in [-0.25, -0.2) is 0 Å². The molecule has 238 valence electrons. The molecule has 1 unspecified atom stereocenters. The van der Waals surface area contributed by atoms with Crippen LogP contribution < -0.4 is 4.90 Å². The highest BCUT2D eigenvalue weighted by atomic mass is 15.1. The molecular formula is C48H36N2. The quantitative estimate of drug-likeness (QED) is 0.168. The first-order chi connectivity index (χ1) is 24.8. The standard InChI is InChI=1S/C48H36N2/c1-3-11-35(12-4-1)37-19-27-41(28-20-37)49(42-29-21-38(22-30-42)36-13-5-2-6-14-36)43-31-23-39(24-32-43)40-25-33-44(34-26-40)50-47-17-9-7-15-45(47)46-16-8-10-18-48(46)50/h1-21,23-34,38H,22H2. The number of rotatable bonds is 7. The van der Waals surface area contributed by atoms with Crippen molar-refractivity contribution in [1.82, 2.24) is 4.57 Å². The van der Waals surface area contributed by atoms with Gasteiger partial charge in [-0.2, -0.15) is 0 Å². The molecular weight excluding hydrogens is 605 g/mol. The van der Waals surface area contributed by atoms with Gasteiger partial charge < -0.3 is 9.47 Å². The second-order valence-corrected chi connectivity index (χ2v) is 13.0. The lowest BCUT2D eigenvalue weighted by Crippen LogP contribution is -2.17. The predicted molar refractivity (Wildman–Crippen MR) is 211 cm³/mol. The average Bonchev–Trinajstić information content (AvgIpc) is 3.54. The molecule has 0 spiro atoms. The maximum Gasteiger partial charge on any atom is 0.0541 e. The largest absolute Gasteiger partial charge is 0.311 e. The first kappa shape index (κ1) is 29.7. The van der Waals surface area contributed by atoms with Crippen LogP contribution in [0.1, 0.15) is 17.9 Å². The molecule has 1 aromatic heterocycles. The minimum absolute atomic E-state index is 0.384. The molecule has 0 saturated heterocycles. The number of allylic oxidation sites excluding steroid dienone is 3. The number of fused-ring (bicyclic) bond motifs is 3. The van der Waals surface area contributed by atoms with Gasteiger partial charge in [0.15, 0.2) is 0 Å². The summed E-state index contributed by atoms with van der Waals surface area (Å²) in [5.41, 5.74) is 13.3. The van der Waals surface area contributed by atoms with Gasteiger partial charge >= 0.3 is 0 Å². The van der Waals surface area contributed by atoms with Crippen LogP contribution >= 0.6 is 0 Å². The van der Waals surface area contributed by atoms with Crippen LogP contribution in [0, 0.1) is 0 Å². The van der Waals surface area contributed by atoms with E-state index in [2.05, 4.69) is 210 Å². The predicted octanol–water partition coefficient (Wildman–Crippen LogP) is 12.9. The Morgan fingerprint density at radius 3 is 1.42 bits per heavy atom. The van der Waals surface area contributed by atoms with Crippen molar-refractivity contribution in [2.45, 2.75) is 12.3 Å². The van der Waals surface area contributed by atoms with E-state index in [9.17, 15) is 0 Å². The van der Waals surface area contributed by atoms with Crippen molar-refractivity contribution >= 4 is 33.2 Å². The second-order valence-electron chi connectivity index (χ2n) is 13.0. The molecule has 2 nitrogen and oxygen atoms in total. The fraction of sp³-hybridized carbons (Fsp3) is 0.0417. The molecule has 0 amide bonds. The van der Waals surface area contributed by atoms with E-state index in [0.717, 1.165) is 23.5 Å². The van der Waals surface area contributed by atoms with Crippen molar-refractivity contribution in [3.05, 3.63) is 211 Å². The van der Waals surface area contributed by atoms with Crippen LogP contribution in [-0.2, 0) is 0 Å². The highest BCUT2D eigenvalue weighted by Gasteiger charge is 2.19. The van der Waals surface area contributed by atoms with E-state index in [4.69, 9.17) is 0 Å². The zero-order chi connectivity index (χ0) is 33.3. The molecule has 0 saturated carbocycles. The summed E-state index contributed by atoms with van der Waals surface area (Å²) in [5.74, 6) is 0.384. The number of nitrogens with zero attached hydrogens (tertiary/aromatic N) is 2. The van der Waals surface area contributed by atoms with E-state index in [1.54, 1.807) is 0 Å². The number of hydrogen-bond donors (Lipinski definition) is 0. The molecule has 1 aliphatic rings. The number of benzene rings is 7. The first-order valence-electron chi connectivity index (χ1n) is 17.4. The van der Waals surface area contributed by atoms with Gasteiger partial charge in [-0.15, -0.1) is 0 Å². The fourth-order valence-corrected chi connectivity index (χ4v) is 7.41. The maximum absolute atomic E-state index is 2.38. The first-order valence-corrected chi connectivity index (χ1v) is 17.4. The molecule has 0 fully saturated rings. The van der Waals surface area contributed by atoms with Crippen LogP contribution in [0.4, 0.5) is 11.4 Å². The summed E-state index contributed by atoms with van der Waals surface area (Å²) in [5, 5.41) is 2.56. The minimum Gasteiger partial charge on any atom is -0.311 e. The van der Waals surface area contributed by atoms with E-state index in [1.807, 2.05) is 0 Å². The Labute approximate surface area is 293 Å². The number of aromatic nitrogens is 1. The molecule has 0 N–H and O–H groups in total. The minimum atomic E-state index is 0.384. The van der Waals surface area contributed by atoms with Gasteiger partial charge in [0.2, 0.25) is 0 Å². The third-order valence-corrected chi connectivity index (χ3v) is 9.96. The van der Waals surface area contributed by atoms with Crippen LogP contribution in [0.25, 0.3) is 49.7 Å². The Hall–Kier alpha value is -6.38. The van der Waals surface area contributed by atoms with E-state index >= 15 is 0 Å². The fourth-order valence-electron chi connectivity index (χ4n) is 7.41. The van der Waals surface area contributed by atoms with Crippen molar-refractivity contribution in [3.63, 3.8) is 0 Å². The Morgan fingerprint density at radius 1 is 0.440 bits per heavy atom. The van der Waals surface area contributed by atoms with E-state index in [0.29, 0.717) is 5.92 Å². The third-order valence-electron chi connectivity index (χ3n) is 9.96. The summed E-state index contributed by atoms with van der Waals surface area (Å²) in [4.78, 5) is 2.38. The highest BCUT2D eigenvalue weighted by Crippen LogP contribution is 2.38. The summed E-state index contributed by atoms with van der Waals surface area (Å²) in [6.45, 7) is 0.